The van der Waals surface area contributed by atoms with E-state index in [2.05, 4.69) is 36.4 Å². The number of hydrogen-bond donors (Lipinski definition) is 2. The van der Waals surface area contributed by atoms with E-state index in [0.717, 1.165) is 26.2 Å². The van der Waals surface area contributed by atoms with Crippen molar-refractivity contribution < 1.29 is 0 Å². The van der Waals surface area contributed by atoms with Crippen LogP contribution < -0.4 is 10.6 Å². The first-order chi connectivity index (χ1) is 6.64. The molecular formula is C11H27N3. The third-order valence-corrected chi connectivity index (χ3v) is 3.00. The van der Waals surface area contributed by atoms with E-state index in [4.69, 9.17) is 0 Å². The largest absolute Gasteiger partial charge is 0.319 e. The van der Waals surface area contributed by atoms with Crippen molar-refractivity contribution in [1.29, 1.82) is 0 Å². The lowest BCUT2D eigenvalue weighted by atomic mass is 9.84. The fraction of sp³-hybridized carbons (Fsp3) is 1.00. The molecule has 0 heterocycles. The van der Waals surface area contributed by atoms with Crippen LogP contribution in [0.3, 0.4) is 0 Å². The lowest BCUT2D eigenvalue weighted by Crippen LogP contribution is -2.47. The molecule has 0 atom stereocenters. The molecule has 0 aliphatic carbocycles. The van der Waals surface area contributed by atoms with Crippen molar-refractivity contribution >= 4 is 0 Å². The maximum atomic E-state index is 3.31. The van der Waals surface area contributed by atoms with Crippen LogP contribution in [0.1, 0.15) is 20.3 Å². The molecule has 0 bridgehead atoms. The first-order valence-corrected chi connectivity index (χ1v) is 5.62. The highest BCUT2D eigenvalue weighted by atomic mass is 15.1. The predicted molar refractivity (Wildman–Crippen MR) is 63.7 cm³/mol. The molecule has 3 nitrogen and oxygen atoms in total. The van der Waals surface area contributed by atoms with E-state index in [9.17, 15) is 0 Å². The highest BCUT2D eigenvalue weighted by Gasteiger charge is 2.27. The van der Waals surface area contributed by atoms with Crippen LogP contribution >= 0.6 is 0 Å². The summed E-state index contributed by atoms with van der Waals surface area (Å²) in [6.45, 7) is 8.91. The van der Waals surface area contributed by atoms with Gasteiger partial charge in [-0.3, -0.25) is 0 Å². The third kappa shape index (κ3) is 4.40. The molecule has 14 heavy (non-hydrogen) atoms. The SMILES string of the molecule is CCN(C)CC(CC)(CNC)CNC. The maximum Gasteiger partial charge on any atom is 0.00767 e. The summed E-state index contributed by atoms with van der Waals surface area (Å²) in [6, 6.07) is 0. The molecule has 0 saturated carbocycles. The van der Waals surface area contributed by atoms with Crippen LogP contribution in [0.2, 0.25) is 0 Å². The molecule has 0 aliphatic rings. The molecule has 0 aromatic heterocycles. The normalized spacial score (nSPS) is 12.4. The third-order valence-electron chi connectivity index (χ3n) is 3.00. The Morgan fingerprint density at radius 3 is 1.86 bits per heavy atom. The summed E-state index contributed by atoms with van der Waals surface area (Å²) in [6.07, 6.45) is 1.21. The van der Waals surface area contributed by atoms with Gasteiger partial charge in [0.2, 0.25) is 0 Å². The molecule has 0 saturated heterocycles. The predicted octanol–water partition coefficient (Wildman–Crippen LogP) is 0.773. The number of hydrogen-bond acceptors (Lipinski definition) is 3. The van der Waals surface area contributed by atoms with Gasteiger partial charge in [-0.25, -0.2) is 0 Å². The lowest BCUT2D eigenvalue weighted by molar-refractivity contribution is 0.167. The van der Waals surface area contributed by atoms with Crippen molar-refractivity contribution in [3.8, 4) is 0 Å². The van der Waals surface area contributed by atoms with Crippen LogP contribution in [0, 0.1) is 5.41 Å². The number of rotatable bonds is 8. The highest BCUT2D eigenvalue weighted by molar-refractivity contribution is 4.84. The van der Waals surface area contributed by atoms with E-state index in [0.29, 0.717) is 5.41 Å². The molecule has 86 valence electrons. The first-order valence-electron chi connectivity index (χ1n) is 5.62. The molecule has 0 aromatic carbocycles. The smallest absolute Gasteiger partial charge is 0.00767 e. The van der Waals surface area contributed by atoms with Gasteiger partial charge in [-0.15, -0.1) is 0 Å². The van der Waals surface area contributed by atoms with E-state index in [1.54, 1.807) is 0 Å². The van der Waals surface area contributed by atoms with Gasteiger partial charge in [0.05, 0.1) is 0 Å². The molecule has 0 aliphatic heterocycles. The first kappa shape index (κ1) is 13.9. The van der Waals surface area contributed by atoms with E-state index in [1.807, 2.05) is 14.1 Å². The zero-order valence-corrected chi connectivity index (χ0v) is 10.5. The van der Waals surface area contributed by atoms with Crippen molar-refractivity contribution in [1.82, 2.24) is 15.5 Å². The summed E-state index contributed by atoms with van der Waals surface area (Å²) in [5, 5.41) is 6.61. The minimum atomic E-state index is 0.369. The minimum absolute atomic E-state index is 0.369. The average molecular weight is 201 g/mol. The van der Waals surface area contributed by atoms with E-state index in [-0.39, 0.29) is 0 Å². The van der Waals surface area contributed by atoms with Crippen LogP contribution in [0.5, 0.6) is 0 Å². The summed E-state index contributed by atoms with van der Waals surface area (Å²) < 4.78 is 0. The van der Waals surface area contributed by atoms with Gasteiger partial charge in [-0.1, -0.05) is 13.8 Å². The second kappa shape index (κ2) is 7.21. The van der Waals surface area contributed by atoms with Gasteiger partial charge in [-0.05, 0) is 34.1 Å². The molecule has 0 fully saturated rings. The Balaban J connectivity index is 4.31. The Morgan fingerprint density at radius 2 is 1.57 bits per heavy atom. The minimum Gasteiger partial charge on any atom is -0.319 e. The fourth-order valence-electron chi connectivity index (χ4n) is 1.97. The van der Waals surface area contributed by atoms with E-state index >= 15 is 0 Å². The Morgan fingerprint density at radius 1 is 1.07 bits per heavy atom. The van der Waals surface area contributed by atoms with Crippen molar-refractivity contribution in [3.63, 3.8) is 0 Å². The molecule has 0 aromatic rings. The maximum absolute atomic E-state index is 3.31. The Bertz CT molecular complexity index is 130. The van der Waals surface area contributed by atoms with Crippen molar-refractivity contribution in [2.24, 2.45) is 5.41 Å². The highest BCUT2D eigenvalue weighted by Crippen LogP contribution is 2.21. The molecule has 2 N–H and O–H groups in total. The van der Waals surface area contributed by atoms with Crippen molar-refractivity contribution in [2.75, 3.05) is 47.3 Å². The molecule has 0 unspecified atom stereocenters. The monoisotopic (exact) mass is 201 g/mol. The fourth-order valence-corrected chi connectivity index (χ4v) is 1.97. The Hall–Kier alpha value is -0.120. The summed E-state index contributed by atoms with van der Waals surface area (Å²) in [5.41, 5.74) is 0.369. The van der Waals surface area contributed by atoms with Crippen LogP contribution in [0.25, 0.3) is 0 Å². The average Bonchev–Trinajstić information content (AvgIpc) is 2.18. The van der Waals surface area contributed by atoms with Gasteiger partial charge in [0, 0.05) is 25.0 Å². The van der Waals surface area contributed by atoms with E-state index < -0.39 is 0 Å². The quantitative estimate of drug-likeness (QED) is 0.607. The summed E-state index contributed by atoms with van der Waals surface area (Å²) in [5.74, 6) is 0. The molecule has 0 amide bonds. The number of nitrogens with one attached hydrogen (secondary N) is 2. The second-order valence-corrected chi connectivity index (χ2v) is 4.24. The van der Waals surface area contributed by atoms with Crippen LogP contribution in [0.4, 0.5) is 0 Å². The molecule has 3 heteroatoms. The molecule has 0 rings (SSSR count). The van der Waals surface area contributed by atoms with Gasteiger partial charge in [-0.2, -0.15) is 0 Å². The summed E-state index contributed by atoms with van der Waals surface area (Å²) in [7, 11) is 6.26. The topological polar surface area (TPSA) is 27.3 Å². The van der Waals surface area contributed by atoms with Gasteiger partial charge < -0.3 is 15.5 Å². The van der Waals surface area contributed by atoms with Crippen molar-refractivity contribution in [3.05, 3.63) is 0 Å². The zero-order chi connectivity index (χ0) is 11.0. The van der Waals surface area contributed by atoms with Crippen molar-refractivity contribution in [2.45, 2.75) is 20.3 Å². The van der Waals surface area contributed by atoms with Gasteiger partial charge in [0.25, 0.3) is 0 Å². The lowest BCUT2D eigenvalue weighted by Gasteiger charge is -2.36. The standard InChI is InChI=1S/C11H27N3/c1-6-11(8-12-3,9-13-4)10-14(5)7-2/h12-13H,6-10H2,1-5H3. The summed E-state index contributed by atoms with van der Waals surface area (Å²) >= 11 is 0. The summed E-state index contributed by atoms with van der Waals surface area (Å²) in [4.78, 5) is 2.39. The van der Waals surface area contributed by atoms with Crippen LogP contribution in [-0.4, -0.2) is 52.2 Å². The number of nitrogens with zero attached hydrogens (tertiary/aromatic N) is 1. The zero-order valence-electron chi connectivity index (χ0n) is 10.5. The molecule has 0 spiro atoms. The van der Waals surface area contributed by atoms with Gasteiger partial charge >= 0.3 is 0 Å². The van der Waals surface area contributed by atoms with Crippen LogP contribution in [-0.2, 0) is 0 Å². The van der Waals surface area contributed by atoms with Gasteiger partial charge in [0.1, 0.15) is 0 Å². The van der Waals surface area contributed by atoms with E-state index in [1.165, 1.54) is 6.42 Å². The van der Waals surface area contributed by atoms with Gasteiger partial charge in [0.15, 0.2) is 0 Å². The second-order valence-electron chi connectivity index (χ2n) is 4.24. The van der Waals surface area contributed by atoms with Crippen LogP contribution in [0.15, 0.2) is 0 Å². The Kier molecular flexibility index (Phi) is 7.15. The molecular weight excluding hydrogens is 174 g/mol. The Labute approximate surface area is 89.2 Å². The molecule has 0 radical (unpaired) electrons.